The summed E-state index contributed by atoms with van der Waals surface area (Å²) in [7, 11) is 1.03. The van der Waals surface area contributed by atoms with Crippen LogP contribution in [0.15, 0.2) is 18.2 Å². The second-order valence-electron chi connectivity index (χ2n) is 4.23. The van der Waals surface area contributed by atoms with Crippen LogP contribution in [0.1, 0.15) is 29.2 Å². The molecule has 1 atom stereocenters. The molecule has 0 aliphatic carbocycles. The van der Waals surface area contributed by atoms with Crippen molar-refractivity contribution in [1.82, 2.24) is 0 Å². The number of hydrogen-bond donors (Lipinski definition) is 1. The zero-order valence-electron chi connectivity index (χ0n) is 11.1. The fourth-order valence-electron chi connectivity index (χ4n) is 1.57. The zero-order chi connectivity index (χ0) is 16.4. The van der Waals surface area contributed by atoms with Gasteiger partial charge in [-0.1, -0.05) is 0 Å². The summed E-state index contributed by atoms with van der Waals surface area (Å²) >= 11 is 0. The maximum atomic E-state index is 12.6. The van der Waals surface area contributed by atoms with Crippen LogP contribution in [-0.4, -0.2) is 13.1 Å². The molecule has 22 heavy (non-hydrogen) atoms. The number of alkyl halides is 6. The summed E-state index contributed by atoms with van der Waals surface area (Å²) in [4.78, 5) is 11.0. The Morgan fingerprint density at radius 3 is 1.82 bits per heavy atom. The molecule has 0 heterocycles. The number of carbonyl (C=O) groups excluding carboxylic acids is 1. The van der Waals surface area contributed by atoms with Crippen LogP contribution in [0.5, 0.6) is 0 Å². The van der Waals surface area contributed by atoms with E-state index in [1.165, 1.54) is 0 Å². The first-order chi connectivity index (χ1) is 9.45. The maximum Gasteiger partial charge on any atom is 0.416 e. The predicted molar refractivity (Wildman–Crippen MR) is 67.3 cm³/mol. The molecular weight excluding hydrogens is 340 g/mol. The molecule has 0 aliphatic rings. The molecule has 0 bridgehead atoms. The zero-order valence-corrected chi connectivity index (χ0v) is 11.9. The molecule has 0 saturated carbocycles. The van der Waals surface area contributed by atoms with Gasteiger partial charge in [0.2, 0.25) is 0 Å². The number of halogens is 7. The van der Waals surface area contributed by atoms with E-state index in [1.807, 2.05) is 0 Å². The molecule has 10 heteroatoms. The summed E-state index contributed by atoms with van der Waals surface area (Å²) in [6, 6.07) is -0.360. The number of rotatable bonds is 3. The lowest BCUT2D eigenvalue weighted by atomic mass is 9.98. The van der Waals surface area contributed by atoms with Gasteiger partial charge in [-0.15, -0.1) is 12.4 Å². The fourth-order valence-corrected chi connectivity index (χ4v) is 1.57. The van der Waals surface area contributed by atoms with Gasteiger partial charge in [-0.3, -0.25) is 4.79 Å². The van der Waals surface area contributed by atoms with Crippen molar-refractivity contribution < 1.29 is 35.9 Å². The Kier molecular flexibility index (Phi) is 6.70. The Hall–Kier alpha value is -1.48. The standard InChI is InChI=1S/C12H11F6NO2.ClH/c1-21-10(20)5-9(19)6-2-7(11(13,14)15)4-8(3-6)12(16,17)18;/h2-4,9H,5,19H2,1H3;1H/t9-;/m1./s1. The minimum atomic E-state index is -4.96. The topological polar surface area (TPSA) is 52.3 Å². The van der Waals surface area contributed by atoms with Gasteiger partial charge in [-0.25, -0.2) is 0 Å². The van der Waals surface area contributed by atoms with Gasteiger partial charge < -0.3 is 10.5 Å². The first-order valence-electron chi connectivity index (χ1n) is 5.57. The van der Waals surface area contributed by atoms with Gasteiger partial charge in [-0.2, -0.15) is 26.3 Å². The molecule has 2 N–H and O–H groups in total. The van der Waals surface area contributed by atoms with E-state index in [4.69, 9.17) is 5.73 Å². The second kappa shape index (κ2) is 7.19. The average Bonchev–Trinajstić information content (AvgIpc) is 2.35. The molecule has 0 amide bonds. The monoisotopic (exact) mass is 351 g/mol. The lowest BCUT2D eigenvalue weighted by Crippen LogP contribution is -2.19. The Bertz CT molecular complexity index is 497. The van der Waals surface area contributed by atoms with E-state index in [1.54, 1.807) is 0 Å². The van der Waals surface area contributed by atoms with Crippen LogP contribution in [0.3, 0.4) is 0 Å². The smallest absolute Gasteiger partial charge is 0.416 e. The number of ether oxygens (including phenoxy) is 1. The first kappa shape index (κ1) is 20.5. The van der Waals surface area contributed by atoms with Crippen LogP contribution in [0.2, 0.25) is 0 Å². The summed E-state index contributed by atoms with van der Waals surface area (Å²) in [5.41, 5.74) is 2.06. The summed E-state index contributed by atoms with van der Waals surface area (Å²) < 4.78 is 80.0. The third-order valence-electron chi connectivity index (χ3n) is 2.65. The van der Waals surface area contributed by atoms with E-state index >= 15 is 0 Å². The van der Waals surface area contributed by atoms with Gasteiger partial charge in [0.1, 0.15) is 0 Å². The molecule has 0 spiro atoms. The number of benzene rings is 1. The molecule has 1 rings (SSSR count). The number of carbonyl (C=O) groups is 1. The Morgan fingerprint density at radius 2 is 1.50 bits per heavy atom. The summed E-state index contributed by atoms with van der Waals surface area (Å²) in [6.45, 7) is 0. The van der Waals surface area contributed by atoms with E-state index in [-0.39, 0.29) is 18.5 Å². The molecule has 0 aromatic heterocycles. The van der Waals surface area contributed by atoms with Crippen molar-refractivity contribution in [3.8, 4) is 0 Å². The number of nitrogens with two attached hydrogens (primary N) is 1. The quantitative estimate of drug-likeness (QED) is 0.667. The van der Waals surface area contributed by atoms with Crippen molar-refractivity contribution in [2.75, 3.05) is 7.11 Å². The molecule has 1 aromatic rings. The third-order valence-corrected chi connectivity index (χ3v) is 2.65. The van der Waals surface area contributed by atoms with E-state index in [9.17, 15) is 31.1 Å². The van der Waals surface area contributed by atoms with Crippen molar-refractivity contribution in [2.24, 2.45) is 5.73 Å². The molecule has 3 nitrogen and oxygen atoms in total. The van der Waals surface area contributed by atoms with Gasteiger partial charge in [0, 0.05) is 6.04 Å². The lowest BCUT2D eigenvalue weighted by molar-refractivity contribution is -0.143. The van der Waals surface area contributed by atoms with Crippen LogP contribution in [0, 0.1) is 0 Å². The number of esters is 1. The van der Waals surface area contributed by atoms with Gasteiger partial charge in [-0.05, 0) is 23.8 Å². The van der Waals surface area contributed by atoms with Crippen molar-refractivity contribution >= 4 is 18.4 Å². The van der Waals surface area contributed by atoms with Gasteiger partial charge in [0.15, 0.2) is 0 Å². The number of hydrogen-bond acceptors (Lipinski definition) is 3. The van der Waals surface area contributed by atoms with Crippen molar-refractivity contribution in [2.45, 2.75) is 24.8 Å². The summed E-state index contributed by atoms with van der Waals surface area (Å²) in [6.07, 6.45) is -10.4. The number of methoxy groups -OCH3 is 1. The molecule has 1 aromatic carbocycles. The van der Waals surface area contributed by atoms with Crippen LogP contribution in [0.4, 0.5) is 26.3 Å². The van der Waals surface area contributed by atoms with Gasteiger partial charge in [0.05, 0.1) is 24.7 Å². The van der Waals surface area contributed by atoms with E-state index in [0.717, 1.165) is 7.11 Å². The molecule has 0 fully saturated rings. The van der Waals surface area contributed by atoms with Crippen LogP contribution >= 0.6 is 12.4 Å². The Balaban J connectivity index is 0.00000441. The van der Waals surface area contributed by atoms with E-state index < -0.39 is 47.5 Å². The van der Waals surface area contributed by atoms with Crippen molar-refractivity contribution in [1.29, 1.82) is 0 Å². The predicted octanol–water partition coefficient (Wildman–Crippen LogP) is 3.71. The maximum absolute atomic E-state index is 12.6. The van der Waals surface area contributed by atoms with E-state index in [2.05, 4.69) is 4.74 Å². The van der Waals surface area contributed by atoms with E-state index in [0.29, 0.717) is 12.1 Å². The molecule has 0 aliphatic heterocycles. The minimum Gasteiger partial charge on any atom is -0.469 e. The SMILES string of the molecule is COC(=O)C[C@@H](N)c1cc(C(F)(F)F)cc(C(F)(F)F)c1.Cl. The molecule has 0 saturated heterocycles. The van der Waals surface area contributed by atoms with Crippen LogP contribution in [-0.2, 0) is 21.9 Å². The van der Waals surface area contributed by atoms with Crippen molar-refractivity contribution in [3.63, 3.8) is 0 Å². The average molecular weight is 352 g/mol. The first-order valence-corrected chi connectivity index (χ1v) is 5.57. The highest BCUT2D eigenvalue weighted by atomic mass is 35.5. The van der Waals surface area contributed by atoms with Crippen LogP contribution < -0.4 is 5.73 Å². The highest BCUT2D eigenvalue weighted by molar-refractivity contribution is 5.85. The molecule has 0 unspecified atom stereocenters. The molecular formula is C12H12ClF6NO2. The molecule has 0 radical (unpaired) electrons. The highest BCUT2D eigenvalue weighted by Crippen LogP contribution is 2.37. The second-order valence-corrected chi connectivity index (χ2v) is 4.23. The molecule has 126 valence electrons. The Morgan fingerprint density at radius 1 is 1.09 bits per heavy atom. The largest absolute Gasteiger partial charge is 0.469 e. The Labute approximate surface area is 127 Å². The fraction of sp³-hybridized carbons (Fsp3) is 0.417. The highest BCUT2D eigenvalue weighted by Gasteiger charge is 2.37. The van der Waals surface area contributed by atoms with Gasteiger partial charge in [0.25, 0.3) is 0 Å². The third kappa shape index (κ3) is 5.38. The minimum absolute atomic E-state index is 0. The normalized spacial score (nSPS) is 13.3. The summed E-state index contributed by atoms with van der Waals surface area (Å²) in [5, 5.41) is 0. The summed E-state index contributed by atoms with van der Waals surface area (Å²) in [5.74, 6) is -0.839. The lowest BCUT2D eigenvalue weighted by Gasteiger charge is -2.17. The van der Waals surface area contributed by atoms with Gasteiger partial charge >= 0.3 is 18.3 Å². The van der Waals surface area contributed by atoms with Crippen molar-refractivity contribution in [3.05, 3.63) is 34.9 Å². The van der Waals surface area contributed by atoms with Crippen LogP contribution in [0.25, 0.3) is 0 Å².